The molecule has 1 aromatic heterocycles. The highest BCUT2D eigenvalue weighted by Gasteiger charge is 2.23. The predicted molar refractivity (Wildman–Crippen MR) is 90.2 cm³/mol. The Hall–Kier alpha value is -2.03. The summed E-state index contributed by atoms with van der Waals surface area (Å²) in [4.78, 5) is 12.6. The molecular weight excluding hydrogens is 274 g/mol. The molecule has 0 aliphatic rings. The maximum atomic E-state index is 12.6. The number of hydrogen-bond donors (Lipinski definition) is 0. The second-order valence-corrected chi connectivity index (χ2v) is 6.57. The van der Waals surface area contributed by atoms with E-state index in [-0.39, 0.29) is 6.09 Å². The number of aryl methyl sites for hydroxylation is 1. The van der Waals surface area contributed by atoms with E-state index in [1.54, 1.807) is 4.57 Å². The van der Waals surface area contributed by atoms with E-state index >= 15 is 0 Å². The number of carbonyl (C=O) groups excluding carboxylic acids is 1. The van der Waals surface area contributed by atoms with E-state index < -0.39 is 5.60 Å². The van der Waals surface area contributed by atoms with Crippen LogP contribution in [0.3, 0.4) is 0 Å². The molecule has 0 aliphatic heterocycles. The smallest absolute Gasteiger partial charge is 0.419 e. The van der Waals surface area contributed by atoms with E-state index in [9.17, 15) is 4.79 Å². The van der Waals surface area contributed by atoms with E-state index in [0.717, 1.165) is 29.8 Å². The molecule has 3 nitrogen and oxygen atoms in total. The van der Waals surface area contributed by atoms with Crippen molar-refractivity contribution >= 4 is 6.09 Å². The molecule has 0 spiro atoms. The van der Waals surface area contributed by atoms with Crippen molar-refractivity contribution in [2.24, 2.45) is 0 Å². The number of carbonyl (C=O) groups is 1. The van der Waals surface area contributed by atoms with Crippen LogP contribution in [0, 0.1) is 6.92 Å². The minimum Gasteiger partial charge on any atom is -0.443 e. The van der Waals surface area contributed by atoms with Crippen molar-refractivity contribution in [2.45, 2.75) is 53.1 Å². The van der Waals surface area contributed by atoms with Crippen LogP contribution in [0.2, 0.25) is 0 Å². The Labute approximate surface area is 132 Å². The zero-order valence-electron chi connectivity index (χ0n) is 14.1. The first-order valence-electron chi connectivity index (χ1n) is 7.83. The predicted octanol–water partition coefficient (Wildman–Crippen LogP) is 5.20. The molecule has 1 aromatic carbocycles. The van der Waals surface area contributed by atoms with Crippen LogP contribution in [0.15, 0.2) is 36.4 Å². The van der Waals surface area contributed by atoms with E-state index in [4.69, 9.17) is 4.74 Å². The van der Waals surface area contributed by atoms with E-state index in [1.807, 2.05) is 58.0 Å². The van der Waals surface area contributed by atoms with Gasteiger partial charge >= 0.3 is 6.09 Å². The summed E-state index contributed by atoms with van der Waals surface area (Å²) in [6, 6.07) is 12.1. The van der Waals surface area contributed by atoms with Gasteiger partial charge < -0.3 is 4.74 Å². The monoisotopic (exact) mass is 299 g/mol. The Morgan fingerprint density at radius 1 is 1.18 bits per heavy atom. The summed E-state index contributed by atoms with van der Waals surface area (Å²) in [7, 11) is 0. The molecule has 0 bridgehead atoms. The fraction of sp³-hybridized carbons (Fsp3) is 0.421. The number of hydrogen-bond acceptors (Lipinski definition) is 2. The Morgan fingerprint density at radius 3 is 2.36 bits per heavy atom. The van der Waals surface area contributed by atoms with Gasteiger partial charge in [-0.25, -0.2) is 9.36 Å². The summed E-state index contributed by atoms with van der Waals surface area (Å²) < 4.78 is 7.28. The summed E-state index contributed by atoms with van der Waals surface area (Å²) in [5, 5.41) is 0. The van der Waals surface area contributed by atoms with E-state index in [2.05, 4.69) is 13.0 Å². The van der Waals surface area contributed by atoms with Gasteiger partial charge in [0.25, 0.3) is 0 Å². The van der Waals surface area contributed by atoms with Crippen LogP contribution in [-0.4, -0.2) is 16.3 Å². The van der Waals surface area contributed by atoms with Gasteiger partial charge in [-0.05, 0) is 51.3 Å². The molecule has 2 rings (SSSR count). The Kier molecular flexibility index (Phi) is 4.74. The van der Waals surface area contributed by atoms with Gasteiger partial charge in [-0.1, -0.05) is 43.7 Å². The highest BCUT2D eigenvalue weighted by molar-refractivity contribution is 5.80. The number of nitrogens with zero attached hydrogens (tertiary/aromatic N) is 1. The quantitative estimate of drug-likeness (QED) is 0.780. The molecule has 118 valence electrons. The van der Waals surface area contributed by atoms with Crippen LogP contribution < -0.4 is 0 Å². The Morgan fingerprint density at radius 2 is 1.82 bits per heavy atom. The Balaban J connectivity index is 2.53. The molecule has 0 atom stereocenters. The second kappa shape index (κ2) is 6.39. The van der Waals surface area contributed by atoms with Crippen molar-refractivity contribution in [3.63, 3.8) is 0 Å². The molecule has 1 heterocycles. The zero-order chi connectivity index (χ0) is 16.3. The molecule has 0 fully saturated rings. The van der Waals surface area contributed by atoms with Gasteiger partial charge in [0.15, 0.2) is 0 Å². The van der Waals surface area contributed by atoms with Crippen molar-refractivity contribution in [2.75, 3.05) is 0 Å². The van der Waals surface area contributed by atoms with Gasteiger partial charge in [-0.15, -0.1) is 0 Å². The van der Waals surface area contributed by atoms with Crippen molar-refractivity contribution in [3.05, 3.63) is 47.7 Å². The average molecular weight is 299 g/mol. The first-order chi connectivity index (χ1) is 10.3. The third-order valence-corrected chi connectivity index (χ3v) is 3.52. The third kappa shape index (κ3) is 3.59. The van der Waals surface area contributed by atoms with Crippen LogP contribution in [0.25, 0.3) is 11.3 Å². The maximum absolute atomic E-state index is 12.6. The molecule has 0 saturated carbocycles. The van der Waals surface area contributed by atoms with Gasteiger partial charge in [-0.2, -0.15) is 0 Å². The molecule has 0 aliphatic carbocycles. The van der Waals surface area contributed by atoms with Crippen LogP contribution in [0.4, 0.5) is 4.79 Å². The third-order valence-electron chi connectivity index (χ3n) is 3.52. The molecule has 22 heavy (non-hydrogen) atoms. The van der Waals surface area contributed by atoms with E-state index in [1.165, 1.54) is 5.56 Å². The van der Waals surface area contributed by atoms with Crippen LogP contribution in [-0.2, 0) is 11.2 Å². The lowest BCUT2D eigenvalue weighted by atomic mass is 10.1. The first kappa shape index (κ1) is 16.3. The minimum atomic E-state index is -0.507. The van der Waals surface area contributed by atoms with Gasteiger partial charge in [0.05, 0.1) is 5.69 Å². The fourth-order valence-electron chi connectivity index (χ4n) is 2.54. The number of rotatable bonds is 3. The van der Waals surface area contributed by atoms with Gasteiger partial charge in [0.1, 0.15) is 5.60 Å². The first-order valence-corrected chi connectivity index (χ1v) is 7.83. The van der Waals surface area contributed by atoms with Gasteiger partial charge in [-0.3, -0.25) is 0 Å². The standard InChI is InChI=1S/C19H25NO2/c1-6-10-16-13-17(15-11-8-7-9-12-15)20(14(16)2)18(21)22-19(3,4)5/h7-9,11-13H,6,10H2,1-5H3. The van der Waals surface area contributed by atoms with Gasteiger partial charge in [0, 0.05) is 5.69 Å². The largest absolute Gasteiger partial charge is 0.443 e. The average Bonchev–Trinajstić information content (AvgIpc) is 2.76. The van der Waals surface area contributed by atoms with Crippen LogP contribution in [0.5, 0.6) is 0 Å². The second-order valence-electron chi connectivity index (χ2n) is 6.57. The summed E-state index contributed by atoms with van der Waals surface area (Å²) in [5.41, 5.74) is 3.59. The molecule has 3 heteroatoms. The molecule has 0 N–H and O–H groups in total. The summed E-state index contributed by atoms with van der Waals surface area (Å²) >= 11 is 0. The van der Waals surface area contributed by atoms with Crippen molar-refractivity contribution in [3.8, 4) is 11.3 Å². The van der Waals surface area contributed by atoms with Gasteiger partial charge in [0.2, 0.25) is 0 Å². The number of ether oxygens (including phenoxy) is 1. The minimum absolute atomic E-state index is 0.314. The van der Waals surface area contributed by atoms with Crippen LogP contribution in [0.1, 0.15) is 45.4 Å². The fourth-order valence-corrected chi connectivity index (χ4v) is 2.54. The maximum Gasteiger partial charge on any atom is 0.419 e. The molecule has 0 amide bonds. The molecular formula is C19H25NO2. The van der Waals surface area contributed by atoms with Crippen molar-refractivity contribution < 1.29 is 9.53 Å². The summed E-state index contributed by atoms with van der Waals surface area (Å²) in [5.74, 6) is 0. The Bertz CT molecular complexity index is 648. The topological polar surface area (TPSA) is 31.2 Å². The SMILES string of the molecule is CCCc1cc(-c2ccccc2)n(C(=O)OC(C)(C)C)c1C. The molecule has 0 unspecified atom stereocenters. The summed E-state index contributed by atoms with van der Waals surface area (Å²) in [6.45, 7) is 9.80. The number of benzene rings is 1. The van der Waals surface area contributed by atoms with Crippen molar-refractivity contribution in [1.29, 1.82) is 0 Å². The highest BCUT2D eigenvalue weighted by atomic mass is 16.6. The molecule has 0 radical (unpaired) electrons. The normalized spacial score (nSPS) is 11.5. The summed E-state index contributed by atoms with van der Waals surface area (Å²) in [6.07, 6.45) is 1.70. The number of aromatic nitrogens is 1. The van der Waals surface area contributed by atoms with Crippen LogP contribution >= 0.6 is 0 Å². The van der Waals surface area contributed by atoms with Crippen molar-refractivity contribution in [1.82, 2.24) is 4.57 Å². The lowest BCUT2D eigenvalue weighted by Gasteiger charge is -2.21. The lowest BCUT2D eigenvalue weighted by Crippen LogP contribution is -2.28. The lowest BCUT2D eigenvalue weighted by molar-refractivity contribution is 0.0537. The zero-order valence-corrected chi connectivity index (χ0v) is 14.1. The van der Waals surface area contributed by atoms with E-state index in [0.29, 0.717) is 0 Å². The highest BCUT2D eigenvalue weighted by Crippen LogP contribution is 2.27. The molecule has 0 saturated heterocycles. The molecule has 2 aromatic rings.